The van der Waals surface area contributed by atoms with Gasteiger partial charge >= 0.3 is 0 Å². The van der Waals surface area contributed by atoms with Crippen LogP contribution in [0, 0.1) is 0 Å². The molecule has 2 rings (SSSR count). The van der Waals surface area contributed by atoms with Crippen molar-refractivity contribution in [1.82, 2.24) is 0 Å². The van der Waals surface area contributed by atoms with E-state index in [-0.39, 0.29) is 0 Å². The van der Waals surface area contributed by atoms with E-state index in [4.69, 9.17) is 24.1 Å². The number of aliphatic hydroxyl groups excluding tert-OH is 6. The summed E-state index contributed by atoms with van der Waals surface area (Å²) in [6.45, 7) is -1.32. The summed E-state index contributed by atoms with van der Waals surface area (Å²) in [5.41, 5.74) is 0. The van der Waals surface area contributed by atoms with Gasteiger partial charge in [0.1, 0.15) is 36.6 Å². The fourth-order valence-electron chi connectivity index (χ4n) is 2.63. The molecule has 0 bridgehead atoms. The third-order valence-corrected chi connectivity index (χ3v) is 4.03. The largest absolute Gasteiger partial charge is 0.394 e. The molecule has 0 aliphatic carbocycles. The summed E-state index contributed by atoms with van der Waals surface area (Å²) in [5, 5.41) is 57.9. The highest BCUT2D eigenvalue weighted by Gasteiger charge is 2.50. The van der Waals surface area contributed by atoms with Gasteiger partial charge in [-0.05, 0) is 0 Å². The molecule has 11 nitrogen and oxygen atoms in total. The molecule has 0 spiro atoms. The Morgan fingerprint density at radius 1 is 0.917 bits per heavy atom. The number of carbonyl (C=O) groups is 1. The molecule has 4 unspecified atom stereocenters. The zero-order valence-corrected chi connectivity index (χ0v) is 12.8. The van der Waals surface area contributed by atoms with Crippen LogP contribution in [0.2, 0.25) is 0 Å². The van der Waals surface area contributed by atoms with Gasteiger partial charge in [-0.1, -0.05) is 0 Å². The molecule has 0 radical (unpaired) electrons. The number of methoxy groups -OCH3 is 1. The molecule has 11 heteroatoms. The van der Waals surface area contributed by atoms with E-state index in [1.165, 1.54) is 7.11 Å². The molecule has 0 aromatic carbocycles. The van der Waals surface area contributed by atoms with Gasteiger partial charge < -0.3 is 49.6 Å². The lowest BCUT2D eigenvalue weighted by molar-refractivity contribution is -0.340. The van der Waals surface area contributed by atoms with Crippen LogP contribution in [0.5, 0.6) is 0 Å². The number of Topliss-reactive ketones (excluding diaryl/α,β-unsaturated/α-hetero) is 1. The van der Waals surface area contributed by atoms with Crippen LogP contribution in [0.4, 0.5) is 0 Å². The van der Waals surface area contributed by atoms with E-state index < -0.39 is 74.3 Å². The van der Waals surface area contributed by atoms with Crippen LogP contribution in [-0.2, 0) is 23.7 Å². The van der Waals surface area contributed by atoms with Crippen molar-refractivity contribution in [2.24, 2.45) is 0 Å². The van der Waals surface area contributed by atoms with E-state index >= 15 is 0 Å². The fourth-order valence-corrected chi connectivity index (χ4v) is 2.63. The minimum absolute atomic E-state index is 0.614. The second-order valence-corrected chi connectivity index (χ2v) is 5.56. The summed E-state index contributed by atoms with van der Waals surface area (Å²) in [5.74, 6) is -1.02. The summed E-state index contributed by atoms with van der Waals surface area (Å²) >= 11 is 0. The topological polar surface area (TPSA) is 175 Å². The third kappa shape index (κ3) is 3.60. The Kier molecular flexibility index (Phi) is 6.61. The van der Waals surface area contributed by atoms with E-state index in [0.717, 1.165) is 0 Å². The molecule has 140 valence electrons. The number of carbonyl (C=O) groups excluding carboxylic acids is 1. The second-order valence-electron chi connectivity index (χ2n) is 5.56. The maximum absolute atomic E-state index is 11.8. The highest BCUT2D eigenvalue weighted by atomic mass is 16.7. The number of hydrogen-bond donors (Lipinski definition) is 6. The molecule has 0 aromatic heterocycles. The Labute approximate surface area is 136 Å². The maximum Gasteiger partial charge on any atom is 0.197 e. The number of hydrogen-bond acceptors (Lipinski definition) is 11. The van der Waals surface area contributed by atoms with Crippen LogP contribution in [-0.4, -0.2) is 112 Å². The smallest absolute Gasteiger partial charge is 0.197 e. The number of aliphatic hydroxyl groups is 6. The molecule has 6 N–H and O–H groups in total. The highest BCUT2D eigenvalue weighted by molar-refractivity contribution is 5.88. The lowest BCUT2D eigenvalue weighted by atomic mass is 9.97. The van der Waals surface area contributed by atoms with Gasteiger partial charge in [-0.3, -0.25) is 4.79 Å². The summed E-state index contributed by atoms with van der Waals surface area (Å²) in [6, 6.07) is 0. The molecule has 2 aliphatic rings. The lowest BCUT2D eigenvalue weighted by Gasteiger charge is -2.44. The monoisotopic (exact) mass is 354 g/mol. The summed E-state index contributed by atoms with van der Waals surface area (Å²) in [7, 11) is 1.23. The maximum atomic E-state index is 11.8. The first-order valence-electron chi connectivity index (χ1n) is 7.32. The van der Waals surface area contributed by atoms with Gasteiger partial charge in [0.25, 0.3) is 0 Å². The van der Waals surface area contributed by atoms with Crippen LogP contribution in [0.25, 0.3) is 0 Å². The zero-order valence-electron chi connectivity index (χ0n) is 12.8. The van der Waals surface area contributed by atoms with E-state index in [2.05, 4.69) is 0 Å². The molecule has 0 saturated carbocycles. The Balaban J connectivity index is 2.13. The van der Waals surface area contributed by atoms with Gasteiger partial charge in [-0.25, -0.2) is 0 Å². The first-order chi connectivity index (χ1) is 11.3. The minimum Gasteiger partial charge on any atom is -0.394 e. The average Bonchev–Trinajstić information content (AvgIpc) is 2.59. The molecule has 2 fully saturated rings. The van der Waals surface area contributed by atoms with Crippen molar-refractivity contribution in [3.05, 3.63) is 0 Å². The minimum atomic E-state index is -1.88. The normalized spacial score (nSPS) is 47.0. The van der Waals surface area contributed by atoms with Gasteiger partial charge in [0.05, 0.1) is 13.2 Å². The van der Waals surface area contributed by atoms with Crippen molar-refractivity contribution >= 4 is 5.78 Å². The Hall–Kier alpha value is -0.730. The molecule has 24 heavy (non-hydrogen) atoms. The van der Waals surface area contributed by atoms with Crippen LogP contribution in [0.1, 0.15) is 0 Å². The van der Waals surface area contributed by atoms with Gasteiger partial charge in [0.2, 0.25) is 0 Å². The molecule has 2 saturated heterocycles. The van der Waals surface area contributed by atoms with E-state index in [9.17, 15) is 30.3 Å². The number of ether oxygens (including phenoxy) is 4. The summed E-state index contributed by atoms with van der Waals surface area (Å²) < 4.78 is 20.5. The highest BCUT2D eigenvalue weighted by Crippen LogP contribution is 2.28. The van der Waals surface area contributed by atoms with E-state index in [1.807, 2.05) is 0 Å². The summed E-state index contributed by atoms with van der Waals surface area (Å²) in [4.78, 5) is 11.8. The first kappa shape index (κ1) is 19.6. The standard InChI is InChI=1S/C13H22O11/c1-21-12-10(20)8(18)11(5(3-15)23-12)24-13-9(19)7(17)6(16)4(2-14)22-13/h4-6,8-16,18-20H,2-3H2,1H3/t4?,5?,6-,8-,9?,10?,11-,12-,13+/m1/s1. The van der Waals surface area contributed by atoms with Gasteiger partial charge in [0.15, 0.2) is 24.5 Å². The Bertz CT molecular complexity index is 430. The van der Waals surface area contributed by atoms with E-state index in [0.29, 0.717) is 0 Å². The molecular weight excluding hydrogens is 332 g/mol. The molecule has 2 aliphatic heterocycles. The van der Waals surface area contributed by atoms with Crippen molar-refractivity contribution < 1.29 is 54.4 Å². The molecule has 9 atom stereocenters. The molecular formula is C13H22O11. The average molecular weight is 354 g/mol. The molecule has 2 heterocycles. The van der Waals surface area contributed by atoms with Crippen molar-refractivity contribution in [2.75, 3.05) is 20.3 Å². The third-order valence-electron chi connectivity index (χ3n) is 4.03. The number of ketones is 1. The van der Waals surface area contributed by atoms with Crippen molar-refractivity contribution in [1.29, 1.82) is 0 Å². The second kappa shape index (κ2) is 8.10. The fraction of sp³-hybridized carbons (Fsp3) is 0.923. The van der Waals surface area contributed by atoms with Crippen LogP contribution >= 0.6 is 0 Å². The molecule has 0 aromatic rings. The predicted molar refractivity (Wildman–Crippen MR) is 72.4 cm³/mol. The molecule has 0 amide bonds. The predicted octanol–water partition coefficient (Wildman–Crippen LogP) is -4.53. The van der Waals surface area contributed by atoms with Crippen LogP contribution in [0.3, 0.4) is 0 Å². The van der Waals surface area contributed by atoms with Crippen LogP contribution < -0.4 is 0 Å². The quantitative estimate of drug-likeness (QED) is 0.280. The van der Waals surface area contributed by atoms with Crippen molar-refractivity contribution in [3.8, 4) is 0 Å². The van der Waals surface area contributed by atoms with Gasteiger partial charge in [0, 0.05) is 7.11 Å². The SMILES string of the molecule is CO[C@@H]1OC(CO)[C@@H](O[C@@H]2OC(CO)[C@@H](O)C(=O)C2O)[C@H](O)C1O. The first-order valence-corrected chi connectivity index (χ1v) is 7.32. The van der Waals surface area contributed by atoms with Crippen molar-refractivity contribution in [3.63, 3.8) is 0 Å². The van der Waals surface area contributed by atoms with Crippen LogP contribution in [0.15, 0.2) is 0 Å². The van der Waals surface area contributed by atoms with Gasteiger partial charge in [-0.15, -0.1) is 0 Å². The number of rotatable bonds is 5. The Morgan fingerprint density at radius 3 is 2.04 bits per heavy atom. The van der Waals surface area contributed by atoms with Crippen molar-refractivity contribution in [2.45, 2.75) is 55.3 Å². The van der Waals surface area contributed by atoms with E-state index in [1.54, 1.807) is 0 Å². The van der Waals surface area contributed by atoms with Gasteiger partial charge in [-0.2, -0.15) is 0 Å². The zero-order chi connectivity index (χ0) is 18.0. The lowest BCUT2D eigenvalue weighted by Crippen LogP contribution is -2.63. The summed E-state index contributed by atoms with van der Waals surface area (Å²) in [6.07, 6.45) is -13.4. The Morgan fingerprint density at radius 2 is 1.50 bits per heavy atom.